The van der Waals surface area contributed by atoms with E-state index >= 15 is 0 Å². The van der Waals surface area contributed by atoms with Crippen molar-refractivity contribution < 1.29 is 27.1 Å². The first kappa shape index (κ1) is 13.6. The number of benzene rings is 1. The summed E-state index contributed by atoms with van der Waals surface area (Å²) in [5, 5.41) is 9.14. The van der Waals surface area contributed by atoms with E-state index in [0.717, 1.165) is 24.3 Å². The molecule has 0 bridgehead atoms. The van der Waals surface area contributed by atoms with Gasteiger partial charge in [-0.1, -0.05) is 12.1 Å². The molecule has 1 aromatic rings. The molecular weight excluding hydrogens is 245 g/mol. The highest BCUT2D eigenvalue weighted by Gasteiger charge is 2.61. The monoisotopic (exact) mass is 253 g/mol. The SMILES string of the molecule is C=Nc1ccc(C(O)(C(F)F)C(F)(F)F)cc1. The number of aliphatic hydroxyl groups is 1. The standard InChI is InChI=1S/C10H8F5NO/c1-16-7-4-2-6(3-5-7)9(17,8(11)12)10(13,14)15/h2-5,8,17H,1H2. The van der Waals surface area contributed by atoms with Crippen LogP contribution in [0.15, 0.2) is 29.3 Å². The summed E-state index contributed by atoms with van der Waals surface area (Å²) in [5.74, 6) is 0. The molecule has 7 heteroatoms. The van der Waals surface area contributed by atoms with Crippen molar-refractivity contribution in [2.75, 3.05) is 0 Å². The van der Waals surface area contributed by atoms with Crippen molar-refractivity contribution in [1.82, 2.24) is 0 Å². The Kier molecular flexibility index (Phi) is 3.51. The first-order valence-corrected chi connectivity index (χ1v) is 4.38. The second kappa shape index (κ2) is 4.40. The maximum absolute atomic E-state index is 12.5. The molecule has 0 spiro atoms. The highest BCUT2D eigenvalue weighted by atomic mass is 19.4. The Bertz CT molecular complexity index is 400. The van der Waals surface area contributed by atoms with E-state index in [1.807, 2.05) is 0 Å². The zero-order chi connectivity index (χ0) is 13.3. The first-order chi connectivity index (χ1) is 7.73. The Labute approximate surface area is 93.4 Å². The van der Waals surface area contributed by atoms with E-state index in [9.17, 15) is 22.0 Å². The Morgan fingerprint density at radius 1 is 1.12 bits per heavy atom. The largest absolute Gasteiger partial charge is 0.427 e. The smallest absolute Gasteiger partial charge is 0.372 e. The molecule has 17 heavy (non-hydrogen) atoms. The van der Waals surface area contributed by atoms with Crippen LogP contribution in [-0.2, 0) is 5.60 Å². The summed E-state index contributed by atoms with van der Waals surface area (Å²) in [4.78, 5) is 3.40. The van der Waals surface area contributed by atoms with Crippen LogP contribution in [0.2, 0.25) is 0 Å². The first-order valence-electron chi connectivity index (χ1n) is 4.38. The van der Waals surface area contributed by atoms with Crippen LogP contribution < -0.4 is 0 Å². The third-order valence-corrected chi connectivity index (χ3v) is 2.24. The predicted molar refractivity (Wildman–Crippen MR) is 51.6 cm³/mol. The fourth-order valence-electron chi connectivity index (χ4n) is 1.23. The van der Waals surface area contributed by atoms with Crippen LogP contribution in [0.5, 0.6) is 0 Å². The van der Waals surface area contributed by atoms with Crippen LogP contribution in [0.1, 0.15) is 5.56 Å². The second-order valence-corrected chi connectivity index (χ2v) is 3.27. The van der Waals surface area contributed by atoms with Crippen molar-refractivity contribution in [3.8, 4) is 0 Å². The molecule has 0 fully saturated rings. The van der Waals surface area contributed by atoms with Gasteiger partial charge < -0.3 is 5.11 Å². The van der Waals surface area contributed by atoms with Gasteiger partial charge in [0.2, 0.25) is 5.60 Å². The minimum absolute atomic E-state index is 0.215. The third-order valence-electron chi connectivity index (χ3n) is 2.24. The molecule has 0 aliphatic rings. The lowest BCUT2D eigenvalue weighted by Crippen LogP contribution is -2.48. The molecule has 0 amide bonds. The molecule has 0 aliphatic heterocycles. The zero-order valence-electron chi connectivity index (χ0n) is 8.38. The van der Waals surface area contributed by atoms with E-state index < -0.39 is 23.8 Å². The molecule has 94 valence electrons. The Morgan fingerprint density at radius 3 is 1.88 bits per heavy atom. The van der Waals surface area contributed by atoms with Crippen LogP contribution in [-0.4, -0.2) is 24.4 Å². The molecular formula is C10H8F5NO. The summed E-state index contributed by atoms with van der Waals surface area (Å²) >= 11 is 0. The normalized spacial score (nSPS) is 15.7. The van der Waals surface area contributed by atoms with Crippen LogP contribution in [0.3, 0.4) is 0 Å². The minimum Gasteiger partial charge on any atom is -0.372 e. The van der Waals surface area contributed by atoms with Gasteiger partial charge in [0.1, 0.15) is 0 Å². The number of alkyl halides is 5. The van der Waals surface area contributed by atoms with Gasteiger partial charge in [-0.05, 0) is 24.4 Å². The topological polar surface area (TPSA) is 32.6 Å². The van der Waals surface area contributed by atoms with Crippen LogP contribution in [0, 0.1) is 0 Å². The molecule has 1 unspecified atom stereocenters. The van der Waals surface area contributed by atoms with E-state index in [4.69, 9.17) is 5.11 Å². The summed E-state index contributed by atoms with van der Waals surface area (Å²) in [6, 6.07) is 3.59. The molecule has 2 nitrogen and oxygen atoms in total. The summed E-state index contributed by atoms with van der Waals surface area (Å²) in [6.07, 6.45) is -9.45. The number of rotatable bonds is 3. The molecule has 1 aromatic carbocycles. The van der Waals surface area contributed by atoms with Crippen molar-refractivity contribution in [2.45, 2.75) is 18.2 Å². The van der Waals surface area contributed by atoms with Gasteiger partial charge in [-0.2, -0.15) is 13.2 Å². The molecule has 1 atom stereocenters. The molecule has 0 aromatic heterocycles. The number of halogens is 5. The van der Waals surface area contributed by atoms with Crippen LogP contribution in [0.4, 0.5) is 27.6 Å². The fourth-order valence-corrected chi connectivity index (χ4v) is 1.23. The van der Waals surface area contributed by atoms with Gasteiger partial charge >= 0.3 is 6.18 Å². The van der Waals surface area contributed by atoms with Gasteiger partial charge in [0.25, 0.3) is 6.43 Å². The maximum Gasteiger partial charge on any atom is 0.427 e. The lowest BCUT2D eigenvalue weighted by molar-refractivity contribution is -0.305. The van der Waals surface area contributed by atoms with Gasteiger partial charge in [0.05, 0.1) is 5.69 Å². The van der Waals surface area contributed by atoms with Gasteiger partial charge in [0.15, 0.2) is 0 Å². The lowest BCUT2D eigenvalue weighted by Gasteiger charge is -2.29. The van der Waals surface area contributed by atoms with Crippen molar-refractivity contribution in [1.29, 1.82) is 0 Å². The van der Waals surface area contributed by atoms with Crippen molar-refractivity contribution in [3.63, 3.8) is 0 Å². The van der Waals surface area contributed by atoms with E-state index in [-0.39, 0.29) is 5.69 Å². The average Bonchev–Trinajstić information content (AvgIpc) is 2.26. The summed E-state index contributed by atoms with van der Waals surface area (Å²) in [5.41, 5.74) is -4.90. The Hall–Kier alpha value is -1.50. The predicted octanol–water partition coefficient (Wildman–Crippen LogP) is 3.03. The van der Waals surface area contributed by atoms with Crippen LogP contribution >= 0.6 is 0 Å². The highest BCUT2D eigenvalue weighted by Crippen LogP contribution is 2.43. The Balaban J connectivity index is 3.28. The molecule has 0 heterocycles. The summed E-state index contributed by atoms with van der Waals surface area (Å²) in [7, 11) is 0. The average molecular weight is 253 g/mol. The number of hydrogen-bond donors (Lipinski definition) is 1. The molecule has 0 saturated heterocycles. The zero-order valence-corrected chi connectivity index (χ0v) is 8.38. The van der Waals surface area contributed by atoms with E-state index in [2.05, 4.69) is 11.7 Å². The fraction of sp³-hybridized carbons (Fsp3) is 0.300. The van der Waals surface area contributed by atoms with Crippen molar-refractivity contribution >= 4 is 12.4 Å². The minimum atomic E-state index is -5.47. The van der Waals surface area contributed by atoms with Crippen LogP contribution in [0.25, 0.3) is 0 Å². The van der Waals surface area contributed by atoms with Gasteiger partial charge in [-0.15, -0.1) is 0 Å². The van der Waals surface area contributed by atoms with Crippen molar-refractivity contribution in [3.05, 3.63) is 29.8 Å². The van der Waals surface area contributed by atoms with E-state index in [1.165, 1.54) is 0 Å². The number of nitrogens with zero attached hydrogens (tertiary/aromatic N) is 1. The summed E-state index contributed by atoms with van der Waals surface area (Å²) in [6.45, 7) is 3.12. The number of hydrogen-bond acceptors (Lipinski definition) is 2. The molecule has 0 saturated carbocycles. The highest BCUT2D eigenvalue weighted by molar-refractivity contribution is 5.47. The molecule has 0 radical (unpaired) electrons. The molecule has 1 N–H and O–H groups in total. The lowest BCUT2D eigenvalue weighted by atomic mass is 9.93. The van der Waals surface area contributed by atoms with Crippen molar-refractivity contribution in [2.24, 2.45) is 4.99 Å². The van der Waals surface area contributed by atoms with E-state index in [0.29, 0.717) is 0 Å². The van der Waals surface area contributed by atoms with Gasteiger partial charge in [-0.25, -0.2) is 8.78 Å². The van der Waals surface area contributed by atoms with E-state index in [1.54, 1.807) is 0 Å². The third kappa shape index (κ3) is 2.28. The van der Waals surface area contributed by atoms with Gasteiger partial charge in [0, 0.05) is 0 Å². The quantitative estimate of drug-likeness (QED) is 0.651. The summed E-state index contributed by atoms with van der Waals surface area (Å²) < 4.78 is 62.3. The second-order valence-electron chi connectivity index (χ2n) is 3.27. The molecule has 0 aliphatic carbocycles. The Morgan fingerprint density at radius 2 is 1.59 bits per heavy atom. The molecule has 1 rings (SSSR count). The maximum atomic E-state index is 12.5. The number of aliphatic imine (C=N–C) groups is 1. The van der Waals surface area contributed by atoms with Gasteiger partial charge in [-0.3, -0.25) is 4.99 Å².